The van der Waals surface area contributed by atoms with Gasteiger partial charge in [0.15, 0.2) is 0 Å². The third-order valence-corrected chi connectivity index (χ3v) is 6.03. The van der Waals surface area contributed by atoms with E-state index >= 15 is 0 Å². The fraction of sp³-hybridized carbons (Fsp3) is 0.211. The molecule has 0 spiro atoms. The van der Waals surface area contributed by atoms with E-state index in [9.17, 15) is 13.2 Å². The average Bonchev–Trinajstić information content (AvgIpc) is 3.26. The zero-order valence-corrected chi connectivity index (χ0v) is 16.2. The zero-order valence-electron chi connectivity index (χ0n) is 15.3. The van der Waals surface area contributed by atoms with Crippen molar-refractivity contribution in [1.82, 2.24) is 14.9 Å². The van der Waals surface area contributed by atoms with Gasteiger partial charge in [0.2, 0.25) is 27.6 Å². The van der Waals surface area contributed by atoms with Crippen molar-refractivity contribution in [3.63, 3.8) is 0 Å². The van der Waals surface area contributed by atoms with Crippen LogP contribution in [0, 0.1) is 6.92 Å². The molecule has 1 N–H and O–H groups in total. The molecule has 0 saturated carbocycles. The number of nitrogens with zero attached hydrogens (tertiary/aromatic N) is 3. The van der Waals surface area contributed by atoms with Crippen molar-refractivity contribution in [2.24, 2.45) is 0 Å². The van der Waals surface area contributed by atoms with Gasteiger partial charge in [0.1, 0.15) is 0 Å². The molecule has 1 aliphatic heterocycles. The lowest BCUT2D eigenvalue weighted by Gasteiger charge is -2.11. The average molecular weight is 398 g/mol. The summed E-state index contributed by atoms with van der Waals surface area (Å²) in [5.74, 6) is 0.496. The Balaban J connectivity index is 1.48. The summed E-state index contributed by atoms with van der Waals surface area (Å²) in [6, 6.07) is 12.2. The number of carbonyl (C=O) groups excluding carboxylic acids is 1. The molecule has 144 valence electrons. The number of benzene rings is 2. The minimum Gasteiger partial charge on any atom is -0.338 e. The molecule has 1 aliphatic rings. The molecule has 9 heteroatoms. The van der Waals surface area contributed by atoms with E-state index in [0.717, 1.165) is 16.8 Å². The maximum absolute atomic E-state index is 12.6. The van der Waals surface area contributed by atoms with Crippen LogP contribution in [0.4, 0.5) is 5.69 Å². The number of aryl methyl sites for hydroxylation is 1. The summed E-state index contributed by atoms with van der Waals surface area (Å²) >= 11 is 0. The first-order valence-electron chi connectivity index (χ1n) is 8.62. The predicted molar refractivity (Wildman–Crippen MR) is 102 cm³/mol. The van der Waals surface area contributed by atoms with Crippen LogP contribution in [0.2, 0.25) is 0 Å². The second-order valence-electron chi connectivity index (χ2n) is 6.62. The van der Waals surface area contributed by atoms with Crippen molar-refractivity contribution in [3.05, 3.63) is 59.5 Å². The number of carbonyl (C=O) groups is 1. The summed E-state index contributed by atoms with van der Waals surface area (Å²) in [6.07, 6.45) is 0.193. The molecule has 3 aromatic rings. The number of nitrogens with one attached hydrogen (secondary N) is 1. The Morgan fingerprint density at radius 1 is 1.18 bits per heavy atom. The van der Waals surface area contributed by atoms with Gasteiger partial charge in [0.25, 0.3) is 0 Å². The van der Waals surface area contributed by atoms with E-state index in [-0.39, 0.29) is 29.7 Å². The van der Waals surface area contributed by atoms with Gasteiger partial charge in [-0.1, -0.05) is 35.0 Å². The summed E-state index contributed by atoms with van der Waals surface area (Å²) in [6.45, 7) is 1.85. The number of amides is 1. The molecule has 0 fully saturated rings. The molecule has 0 bridgehead atoms. The van der Waals surface area contributed by atoms with Gasteiger partial charge < -0.3 is 9.42 Å². The monoisotopic (exact) mass is 398 g/mol. The molecule has 28 heavy (non-hydrogen) atoms. The summed E-state index contributed by atoms with van der Waals surface area (Å²) in [7, 11) is -2.12. The van der Waals surface area contributed by atoms with E-state index in [0.29, 0.717) is 11.4 Å². The van der Waals surface area contributed by atoms with Crippen LogP contribution in [0.3, 0.4) is 0 Å². The summed E-state index contributed by atoms with van der Waals surface area (Å²) in [5, 5.41) is 3.89. The lowest BCUT2D eigenvalue weighted by Crippen LogP contribution is -2.23. The number of likely N-dealkylation sites (N-methyl/N-ethyl adjacent to an activating group) is 1. The number of aromatic nitrogens is 2. The van der Waals surface area contributed by atoms with Gasteiger partial charge in [-0.05, 0) is 30.7 Å². The van der Waals surface area contributed by atoms with Crippen LogP contribution < -0.4 is 9.62 Å². The van der Waals surface area contributed by atoms with Crippen molar-refractivity contribution in [3.8, 4) is 11.4 Å². The van der Waals surface area contributed by atoms with Gasteiger partial charge >= 0.3 is 0 Å². The number of rotatable bonds is 5. The van der Waals surface area contributed by atoms with E-state index in [1.54, 1.807) is 13.1 Å². The minimum absolute atomic E-state index is 0.0630. The third-order valence-electron chi connectivity index (χ3n) is 4.63. The Morgan fingerprint density at radius 3 is 2.68 bits per heavy atom. The predicted octanol–water partition coefficient (Wildman–Crippen LogP) is 2.04. The van der Waals surface area contributed by atoms with Crippen LogP contribution in [0.1, 0.15) is 17.0 Å². The molecule has 1 aromatic heterocycles. The van der Waals surface area contributed by atoms with Crippen molar-refractivity contribution in [1.29, 1.82) is 0 Å². The smallest absolute Gasteiger partial charge is 0.242 e. The fourth-order valence-electron chi connectivity index (χ4n) is 3.00. The first-order valence-corrected chi connectivity index (χ1v) is 10.1. The molecule has 2 heterocycles. The molecule has 0 unspecified atom stereocenters. The summed E-state index contributed by atoms with van der Waals surface area (Å²) in [5.41, 5.74) is 3.32. The topological polar surface area (TPSA) is 105 Å². The lowest BCUT2D eigenvalue weighted by molar-refractivity contribution is -0.117. The van der Waals surface area contributed by atoms with E-state index in [4.69, 9.17) is 4.52 Å². The molecule has 0 radical (unpaired) electrons. The Labute approximate surface area is 162 Å². The van der Waals surface area contributed by atoms with Crippen molar-refractivity contribution < 1.29 is 17.7 Å². The number of anilines is 1. The van der Waals surface area contributed by atoms with E-state index < -0.39 is 10.0 Å². The second-order valence-corrected chi connectivity index (χ2v) is 8.39. The summed E-state index contributed by atoms with van der Waals surface area (Å²) < 4.78 is 32.8. The van der Waals surface area contributed by atoms with E-state index in [1.165, 1.54) is 17.0 Å². The maximum atomic E-state index is 12.6. The van der Waals surface area contributed by atoms with Gasteiger partial charge in [-0.2, -0.15) is 4.98 Å². The lowest BCUT2D eigenvalue weighted by atomic mass is 10.1. The first-order chi connectivity index (χ1) is 13.3. The fourth-order valence-corrected chi connectivity index (χ4v) is 4.03. The van der Waals surface area contributed by atoms with Gasteiger partial charge in [0.05, 0.1) is 17.9 Å². The number of hydrogen-bond acceptors (Lipinski definition) is 6. The summed E-state index contributed by atoms with van der Waals surface area (Å²) in [4.78, 5) is 17.6. The van der Waals surface area contributed by atoms with Crippen LogP contribution in [0.15, 0.2) is 51.9 Å². The quantitative estimate of drug-likeness (QED) is 0.705. The molecular formula is C19H18N4O4S. The van der Waals surface area contributed by atoms with Crippen molar-refractivity contribution in [2.45, 2.75) is 24.8 Å². The normalized spacial score (nSPS) is 13.8. The molecule has 2 aromatic carbocycles. The molecule has 1 amide bonds. The molecule has 0 atom stereocenters. The standard InChI is InChI=1S/C19H18N4O4S/c1-12-3-5-13(6-4-12)19-21-17(27-22-19)11-20-28(25,26)15-7-8-16-14(9-15)10-18(24)23(16)2/h3-9,20H,10-11H2,1-2H3. The van der Waals surface area contributed by atoms with Gasteiger partial charge in [-0.25, -0.2) is 13.1 Å². The van der Waals surface area contributed by atoms with Crippen LogP contribution in [-0.4, -0.2) is 31.5 Å². The third kappa shape index (κ3) is 3.41. The molecule has 8 nitrogen and oxygen atoms in total. The van der Waals surface area contributed by atoms with Gasteiger partial charge in [0, 0.05) is 18.3 Å². The van der Waals surface area contributed by atoms with Crippen LogP contribution in [-0.2, 0) is 27.8 Å². The van der Waals surface area contributed by atoms with Gasteiger partial charge in [-0.3, -0.25) is 4.79 Å². The number of fused-ring (bicyclic) bond motifs is 1. The number of hydrogen-bond donors (Lipinski definition) is 1. The van der Waals surface area contributed by atoms with Gasteiger partial charge in [-0.15, -0.1) is 0 Å². The second kappa shape index (κ2) is 6.84. The van der Waals surface area contributed by atoms with Crippen LogP contribution in [0.5, 0.6) is 0 Å². The van der Waals surface area contributed by atoms with Crippen LogP contribution in [0.25, 0.3) is 11.4 Å². The van der Waals surface area contributed by atoms with E-state index in [2.05, 4.69) is 14.9 Å². The Hall–Kier alpha value is -3.04. The highest BCUT2D eigenvalue weighted by Crippen LogP contribution is 2.29. The van der Waals surface area contributed by atoms with E-state index in [1.807, 2.05) is 31.2 Å². The Bertz CT molecular complexity index is 1150. The van der Waals surface area contributed by atoms with Crippen LogP contribution >= 0.6 is 0 Å². The zero-order chi connectivity index (χ0) is 19.9. The largest absolute Gasteiger partial charge is 0.338 e. The molecule has 0 saturated heterocycles. The number of sulfonamides is 1. The van der Waals surface area contributed by atoms with Crippen molar-refractivity contribution >= 4 is 21.6 Å². The highest BCUT2D eigenvalue weighted by molar-refractivity contribution is 7.89. The Kier molecular flexibility index (Phi) is 4.48. The molecule has 4 rings (SSSR count). The molecule has 0 aliphatic carbocycles. The SMILES string of the molecule is Cc1ccc(-c2noc(CNS(=O)(=O)c3ccc4c(c3)CC(=O)N4C)n2)cc1. The highest BCUT2D eigenvalue weighted by Gasteiger charge is 2.26. The van der Waals surface area contributed by atoms with Crippen molar-refractivity contribution in [2.75, 3.05) is 11.9 Å². The molecular weight excluding hydrogens is 380 g/mol. The maximum Gasteiger partial charge on any atom is 0.242 e. The first kappa shape index (κ1) is 18.3. The minimum atomic E-state index is -3.78. The Morgan fingerprint density at radius 2 is 1.93 bits per heavy atom. The highest BCUT2D eigenvalue weighted by atomic mass is 32.2.